The summed E-state index contributed by atoms with van der Waals surface area (Å²) in [6.07, 6.45) is 1.53. The summed E-state index contributed by atoms with van der Waals surface area (Å²) in [5.74, 6) is 1.61. The normalized spacial score (nSPS) is 16.0. The molecule has 0 spiro atoms. The van der Waals surface area contributed by atoms with Crippen LogP contribution in [0.1, 0.15) is 40.4 Å². The monoisotopic (exact) mass is 471 g/mol. The molecule has 0 saturated carbocycles. The van der Waals surface area contributed by atoms with Crippen LogP contribution in [-0.4, -0.2) is 45.4 Å². The Morgan fingerprint density at radius 1 is 1.33 bits per heavy atom. The van der Waals surface area contributed by atoms with Crippen molar-refractivity contribution >= 4 is 40.7 Å². The predicted molar refractivity (Wildman–Crippen MR) is 110 cm³/mol. The van der Waals surface area contributed by atoms with Gasteiger partial charge in [-0.2, -0.15) is 0 Å². The highest BCUT2D eigenvalue weighted by Gasteiger charge is 2.26. The molecule has 0 radical (unpaired) electrons. The van der Waals surface area contributed by atoms with Gasteiger partial charge >= 0.3 is 0 Å². The highest BCUT2D eigenvalue weighted by atomic mass is 127. The van der Waals surface area contributed by atoms with Crippen molar-refractivity contribution < 1.29 is 13.7 Å². The number of rotatable bonds is 7. The first kappa shape index (κ1) is 23.4. The van der Waals surface area contributed by atoms with Gasteiger partial charge in [-0.3, -0.25) is 4.21 Å². The van der Waals surface area contributed by atoms with Gasteiger partial charge in [-0.15, -0.1) is 24.0 Å². The number of aliphatic imine (C=N–C) groups is 1. The molecule has 0 amide bonds. The molecule has 0 aromatic carbocycles. The highest BCUT2D eigenvalue weighted by Crippen LogP contribution is 2.21. The van der Waals surface area contributed by atoms with Gasteiger partial charge < -0.3 is 20.2 Å². The SMILES string of the molecule is CCNC(=NCC(C)(O)c1ccco1)NCCS(=O)C(C)(C)C.I. The van der Waals surface area contributed by atoms with Gasteiger partial charge in [0.25, 0.3) is 0 Å². The summed E-state index contributed by atoms with van der Waals surface area (Å²) in [5, 5.41) is 16.7. The molecule has 0 fully saturated rings. The quantitative estimate of drug-likeness (QED) is 0.323. The lowest BCUT2D eigenvalue weighted by molar-refractivity contribution is 0.0437. The van der Waals surface area contributed by atoms with Crippen molar-refractivity contribution in [2.24, 2.45) is 4.99 Å². The average molecular weight is 471 g/mol. The second kappa shape index (κ2) is 10.4. The van der Waals surface area contributed by atoms with Gasteiger partial charge in [0.15, 0.2) is 5.96 Å². The van der Waals surface area contributed by atoms with Crippen LogP contribution in [0, 0.1) is 0 Å². The van der Waals surface area contributed by atoms with E-state index in [0.717, 1.165) is 0 Å². The van der Waals surface area contributed by atoms with Gasteiger partial charge in [0.05, 0.1) is 12.8 Å². The zero-order valence-electron chi connectivity index (χ0n) is 15.1. The van der Waals surface area contributed by atoms with Gasteiger partial charge in [0.2, 0.25) is 0 Å². The standard InChI is InChI=1S/C16H29N3O3S.HI/c1-6-17-14(18-9-11-23(21)15(2,3)4)19-12-16(5,20)13-8-7-10-22-13;/h7-8,10,20H,6,9,11-12H2,1-5H3,(H2,17,18,19);1H. The van der Waals surface area contributed by atoms with E-state index in [1.54, 1.807) is 19.1 Å². The molecule has 0 bridgehead atoms. The van der Waals surface area contributed by atoms with E-state index in [-0.39, 0.29) is 35.3 Å². The third-order valence-electron chi connectivity index (χ3n) is 3.20. The zero-order valence-corrected chi connectivity index (χ0v) is 18.2. The molecule has 0 aliphatic heterocycles. The summed E-state index contributed by atoms with van der Waals surface area (Å²) in [4.78, 5) is 4.39. The molecule has 2 unspecified atom stereocenters. The Morgan fingerprint density at radius 3 is 2.50 bits per heavy atom. The number of hydrogen-bond acceptors (Lipinski definition) is 4. The predicted octanol–water partition coefficient (Wildman–Crippen LogP) is 2.21. The van der Waals surface area contributed by atoms with Gasteiger partial charge in [0, 0.05) is 34.4 Å². The first-order chi connectivity index (χ1) is 10.7. The number of halogens is 1. The maximum atomic E-state index is 12.0. The minimum Gasteiger partial charge on any atom is -0.466 e. The molecular formula is C16H30IN3O3S. The van der Waals surface area contributed by atoms with E-state index in [4.69, 9.17) is 4.42 Å². The maximum Gasteiger partial charge on any atom is 0.191 e. The number of nitrogens with one attached hydrogen (secondary N) is 2. The van der Waals surface area contributed by atoms with Gasteiger partial charge in [-0.25, -0.2) is 4.99 Å². The van der Waals surface area contributed by atoms with Crippen LogP contribution in [0.3, 0.4) is 0 Å². The van der Waals surface area contributed by atoms with Crippen molar-refractivity contribution in [3.8, 4) is 0 Å². The lowest BCUT2D eigenvalue weighted by Crippen LogP contribution is -2.41. The van der Waals surface area contributed by atoms with Crippen LogP contribution in [0.25, 0.3) is 0 Å². The number of furan rings is 1. The topological polar surface area (TPSA) is 86.9 Å². The third-order valence-corrected chi connectivity index (χ3v) is 5.15. The smallest absolute Gasteiger partial charge is 0.191 e. The van der Waals surface area contributed by atoms with E-state index >= 15 is 0 Å². The third kappa shape index (κ3) is 7.98. The van der Waals surface area contributed by atoms with Crippen molar-refractivity contribution in [2.45, 2.75) is 45.0 Å². The molecule has 3 N–H and O–H groups in total. The summed E-state index contributed by atoms with van der Waals surface area (Å²) >= 11 is 0. The first-order valence-electron chi connectivity index (χ1n) is 7.84. The second-order valence-electron chi connectivity index (χ2n) is 6.54. The Hall–Kier alpha value is -0.610. The summed E-state index contributed by atoms with van der Waals surface area (Å²) in [5.41, 5.74) is -1.17. The van der Waals surface area contributed by atoms with Gasteiger partial charge in [0.1, 0.15) is 11.4 Å². The Bertz CT molecular complexity index is 525. The minimum atomic E-state index is -1.17. The van der Waals surface area contributed by atoms with Crippen LogP contribution in [0.5, 0.6) is 0 Å². The molecule has 1 aromatic heterocycles. The molecule has 2 atom stereocenters. The van der Waals surface area contributed by atoms with Crippen LogP contribution >= 0.6 is 24.0 Å². The van der Waals surface area contributed by atoms with Crippen molar-refractivity contribution in [1.82, 2.24) is 10.6 Å². The Morgan fingerprint density at radius 2 is 2.00 bits per heavy atom. The molecule has 0 saturated heterocycles. The van der Waals surface area contributed by atoms with E-state index in [0.29, 0.717) is 30.6 Å². The van der Waals surface area contributed by atoms with Crippen molar-refractivity contribution in [3.05, 3.63) is 24.2 Å². The molecule has 6 nitrogen and oxygen atoms in total. The van der Waals surface area contributed by atoms with Crippen LogP contribution in [-0.2, 0) is 16.4 Å². The number of aliphatic hydroxyl groups is 1. The molecule has 140 valence electrons. The zero-order chi connectivity index (χ0) is 17.5. The Labute approximate surface area is 164 Å². The molecule has 1 aromatic rings. The van der Waals surface area contributed by atoms with Crippen LogP contribution in [0.15, 0.2) is 27.8 Å². The van der Waals surface area contributed by atoms with Crippen LogP contribution in [0.4, 0.5) is 0 Å². The first-order valence-corrected chi connectivity index (χ1v) is 9.15. The van der Waals surface area contributed by atoms with E-state index in [1.807, 2.05) is 27.7 Å². The molecule has 0 aliphatic rings. The van der Waals surface area contributed by atoms with Crippen molar-refractivity contribution in [3.63, 3.8) is 0 Å². The Kier molecular flexibility index (Phi) is 10.1. The summed E-state index contributed by atoms with van der Waals surface area (Å²) in [6.45, 7) is 10.9. The van der Waals surface area contributed by atoms with Crippen LogP contribution in [0.2, 0.25) is 0 Å². The Balaban J connectivity index is 0.00000529. The molecule has 24 heavy (non-hydrogen) atoms. The molecule has 8 heteroatoms. The molecule has 1 heterocycles. The van der Waals surface area contributed by atoms with Gasteiger partial charge in [-0.05, 0) is 46.8 Å². The maximum absolute atomic E-state index is 12.0. The largest absolute Gasteiger partial charge is 0.466 e. The summed E-state index contributed by atoms with van der Waals surface area (Å²) < 4.78 is 17.1. The lowest BCUT2D eigenvalue weighted by atomic mass is 10.0. The summed E-state index contributed by atoms with van der Waals surface area (Å²) in [6, 6.07) is 3.46. The fourth-order valence-corrected chi connectivity index (χ4v) is 2.71. The summed E-state index contributed by atoms with van der Waals surface area (Å²) in [7, 11) is -0.913. The molecule has 0 aliphatic carbocycles. The van der Waals surface area contributed by atoms with Crippen molar-refractivity contribution in [1.29, 1.82) is 0 Å². The van der Waals surface area contributed by atoms with E-state index in [2.05, 4.69) is 15.6 Å². The van der Waals surface area contributed by atoms with Gasteiger partial charge in [-0.1, -0.05) is 0 Å². The fourth-order valence-electron chi connectivity index (χ4n) is 1.81. The number of guanidine groups is 1. The van der Waals surface area contributed by atoms with E-state index in [1.165, 1.54) is 6.26 Å². The van der Waals surface area contributed by atoms with Crippen LogP contribution < -0.4 is 10.6 Å². The lowest BCUT2D eigenvalue weighted by Gasteiger charge is -2.20. The molecular weight excluding hydrogens is 441 g/mol. The minimum absolute atomic E-state index is 0. The van der Waals surface area contributed by atoms with Crippen molar-refractivity contribution in [2.75, 3.05) is 25.4 Å². The molecule has 1 rings (SSSR count). The fraction of sp³-hybridized carbons (Fsp3) is 0.688. The van der Waals surface area contributed by atoms with E-state index < -0.39 is 16.4 Å². The number of hydrogen-bond donors (Lipinski definition) is 3. The number of nitrogens with zero attached hydrogens (tertiary/aromatic N) is 1. The highest BCUT2D eigenvalue weighted by molar-refractivity contribution is 14.0. The van der Waals surface area contributed by atoms with E-state index in [9.17, 15) is 9.32 Å². The average Bonchev–Trinajstić information content (AvgIpc) is 2.98. The second-order valence-corrected chi connectivity index (χ2v) is 8.86.